The first-order valence-electron chi connectivity index (χ1n) is 2.06. The molecule has 0 spiro atoms. The van der Waals surface area contributed by atoms with E-state index in [0.717, 1.165) is 5.92 Å². The standard InChI is InChI=1S/C4H6.Mg/c1-4-2-3-4;/h1,4H,2-3H2;. The fraction of sp³-hybridized carbons (Fsp3) is 0.750. The molecule has 0 aromatic rings. The van der Waals surface area contributed by atoms with Gasteiger partial charge in [-0.3, -0.25) is 0 Å². The maximum atomic E-state index is 2.31. The van der Waals surface area contributed by atoms with Crippen molar-refractivity contribution in [1.29, 1.82) is 0 Å². The van der Waals surface area contributed by atoms with Gasteiger partial charge in [-0.1, -0.05) is 0 Å². The summed E-state index contributed by atoms with van der Waals surface area (Å²) in [5, 5.41) is 0. The second-order valence-electron chi connectivity index (χ2n) is 1.57. The van der Waals surface area contributed by atoms with Crippen molar-refractivity contribution in [2.75, 3.05) is 0 Å². The molecule has 0 aliphatic heterocycles. The molecule has 1 heteroatoms. The molecule has 1 rings (SSSR count). The second-order valence-corrected chi connectivity index (χ2v) is 2.04. The maximum absolute atomic E-state index is 2.31. The van der Waals surface area contributed by atoms with Crippen LogP contribution < -0.4 is 0 Å². The fourth-order valence-corrected chi connectivity index (χ4v) is 0.803. The molecule has 1 aliphatic carbocycles. The molecule has 1 aliphatic rings. The van der Waals surface area contributed by atoms with Crippen LogP contribution in [0.4, 0.5) is 0 Å². The molecule has 0 nitrogen and oxygen atoms in total. The van der Waals surface area contributed by atoms with Gasteiger partial charge in [-0.25, -0.2) is 0 Å². The van der Waals surface area contributed by atoms with E-state index in [1.54, 1.807) is 0 Å². The van der Waals surface area contributed by atoms with Crippen LogP contribution >= 0.6 is 0 Å². The topological polar surface area (TPSA) is 0 Å². The van der Waals surface area contributed by atoms with Gasteiger partial charge in [0, 0.05) is 0 Å². The van der Waals surface area contributed by atoms with Crippen molar-refractivity contribution in [2.24, 2.45) is 5.92 Å². The van der Waals surface area contributed by atoms with Gasteiger partial charge in [-0.2, -0.15) is 0 Å². The van der Waals surface area contributed by atoms with E-state index in [1.165, 1.54) is 12.8 Å². The Morgan fingerprint density at radius 3 is 2.20 bits per heavy atom. The van der Waals surface area contributed by atoms with E-state index in [-0.39, 0.29) is 0 Å². The van der Waals surface area contributed by atoms with E-state index in [1.807, 2.05) is 21.2 Å². The molecule has 0 aromatic heterocycles. The molecule has 0 heterocycles. The Morgan fingerprint density at radius 1 is 1.60 bits per heavy atom. The molecule has 1 saturated carbocycles. The van der Waals surface area contributed by atoms with Crippen LogP contribution in [0.5, 0.6) is 0 Å². The van der Waals surface area contributed by atoms with Gasteiger partial charge in [0.2, 0.25) is 0 Å². The Morgan fingerprint density at radius 2 is 2.20 bits per heavy atom. The van der Waals surface area contributed by atoms with Gasteiger partial charge in [-0.05, 0) is 0 Å². The van der Waals surface area contributed by atoms with E-state index in [9.17, 15) is 0 Å². The zero-order valence-corrected chi connectivity index (χ0v) is 4.69. The molecular formula is C4H6Mg. The van der Waals surface area contributed by atoms with E-state index in [2.05, 4.69) is 4.14 Å². The van der Waals surface area contributed by atoms with E-state index in [4.69, 9.17) is 0 Å². The predicted octanol–water partition coefficient (Wildman–Crippen LogP) is 0.367. The van der Waals surface area contributed by atoms with Gasteiger partial charge in [-0.15, -0.1) is 0 Å². The van der Waals surface area contributed by atoms with Crippen molar-refractivity contribution in [1.82, 2.24) is 0 Å². The summed E-state index contributed by atoms with van der Waals surface area (Å²) in [7, 11) is 0. The van der Waals surface area contributed by atoms with Crippen LogP contribution in [0.1, 0.15) is 12.8 Å². The van der Waals surface area contributed by atoms with Crippen LogP contribution in [0.2, 0.25) is 0 Å². The molecule has 0 N–H and O–H groups in total. The normalized spacial score (nSPS) is 22.8. The first kappa shape index (κ1) is 3.81. The Hall–Kier alpha value is 0.636. The van der Waals surface area contributed by atoms with Gasteiger partial charge in [0.15, 0.2) is 0 Å². The number of rotatable bonds is 1. The second kappa shape index (κ2) is 1.39. The summed E-state index contributed by atoms with van der Waals surface area (Å²) >= 11 is 1.97. The van der Waals surface area contributed by atoms with Crippen LogP contribution in [-0.2, 0) is 0 Å². The number of hydrogen-bond acceptors (Lipinski definition) is 0. The first-order valence-corrected chi connectivity index (χ1v) is 2.87. The molecule has 0 unspecified atom stereocenters. The van der Waals surface area contributed by atoms with E-state index >= 15 is 0 Å². The Kier molecular flexibility index (Phi) is 1.06. The zero-order valence-electron chi connectivity index (χ0n) is 3.28. The molecule has 24 valence electrons. The van der Waals surface area contributed by atoms with E-state index in [0.29, 0.717) is 0 Å². The zero-order chi connectivity index (χ0) is 3.70. The van der Waals surface area contributed by atoms with Crippen LogP contribution in [-0.4, -0.2) is 25.4 Å². The molecular weight excluding hydrogens is 72.3 g/mol. The number of hydrogen-bond donors (Lipinski definition) is 0. The van der Waals surface area contributed by atoms with Gasteiger partial charge in [0.1, 0.15) is 0 Å². The molecule has 0 amide bonds. The summed E-state index contributed by atoms with van der Waals surface area (Å²) in [5.74, 6) is 1.02. The third kappa shape index (κ3) is 1.01. The summed E-state index contributed by atoms with van der Waals surface area (Å²) in [4.78, 5) is 0. The van der Waals surface area contributed by atoms with Crippen LogP contribution in [0.15, 0.2) is 0 Å². The Bertz CT molecular complexity index is 45.6. The van der Waals surface area contributed by atoms with E-state index < -0.39 is 0 Å². The van der Waals surface area contributed by atoms with Crippen LogP contribution in [0.25, 0.3) is 0 Å². The molecule has 0 bridgehead atoms. The molecule has 1 fully saturated rings. The van der Waals surface area contributed by atoms with Crippen LogP contribution in [0, 0.1) is 5.92 Å². The summed E-state index contributed by atoms with van der Waals surface area (Å²) in [6.45, 7) is 0. The first-order chi connectivity index (χ1) is 2.43. The van der Waals surface area contributed by atoms with Crippen molar-refractivity contribution < 1.29 is 0 Å². The minimum atomic E-state index is 1.02. The quantitative estimate of drug-likeness (QED) is 0.398. The van der Waals surface area contributed by atoms with Crippen molar-refractivity contribution in [3.8, 4) is 0 Å². The Balaban J connectivity index is 2.21. The minimum absolute atomic E-state index is 1.02. The molecule has 0 saturated heterocycles. The molecule has 0 atom stereocenters. The summed E-state index contributed by atoms with van der Waals surface area (Å²) in [6, 6.07) is 0. The predicted molar refractivity (Wildman–Crippen MR) is 24.5 cm³/mol. The van der Waals surface area contributed by atoms with Gasteiger partial charge in [0.05, 0.1) is 0 Å². The van der Waals surface area contributed by atoms with Gasteiger partial charge < -0.3 is 0 Å². The van der Waals surface area contributed by atoms with Gasteiger partial charge in [0.25, 0.3) is 0 Å². The molecule has 0 aromatic carbocycles. The Labute approximate surface area is 44.5 Å². The summed E-state index contributed by atoms with van der Waals surface area (Å²) < 4.78 is 2.31. The van der Waals surface area contributed by atoms with Crippen molar-refractivity contribution in [3.63, 3.8) is 0 Å². The SMILES string of the molecule is [Mg]=[CH]C1CC1. The summed E-state index contributed by atoms with van der Waals surface area (Å²) in [6.07, 6.45) is 2.92. The fourth-order valence-electron chi connectivity index (χ4n) is 0.332. The average molecular weight is 78.4 g/mol. The van der Waals surface area contributed by atoms with Crippen molar-refractivity contribution >= 4 is 25.4 Å². The molecule has 0 radical (unpaired) electrons. The average Bonchev–Trinajstić information content (AvgIpc) is 2.12. The third-order valence-electron chi connectivity index (χ3n) is 0.955. The van der Waals surface area contributed by atoms with Crippen LogP contribution in [0.3, 0.4) is 0 Å². The molecule has 5 heavy (non-hydrogen) atoms. The summed E-state index contributed by atoms with van der Waals surface area (Å²) in [5.41, 5.74) is 0. The third-order valence-corrected chi connectivity index (χ3v) is 1.62. The monoisotopic (exact) mass is 78.0 g/mol. The van der Waals surface area contributed by atoms with Gasteiger partial charge >= 0.3 is 44.1 Å². The van der Waals surface area contributed by atoms with Crippen molar-refractivity contribution in [3.05, 3.63) is 0 Å². The van der Waals surface area contributed by atoms with Crippen molar-refractivity contribution in [2.45, 2.75) is 12.8 Å².